The number of hydrogen-bond donors (Lipinski definition) is 0. The lowest BCUT2D eigenvalue weighted by molar-refractivity contribution is 0.311. The van der Waals surface area contributed by atoms with Crippen LogP contribution >= 0.6 is 0 Å². The Bertz CT molecular complexity index is 426. The third-order valence-corrected chi connectivity index (χ3v) is 2.68. The number of ether oxygens (including phenoxy) is 1. The van der Waals surface area contributed by atoms with Gasteiger partial charge in [0.25, 0.3) is 0 Å². The third-order valence-electron chi connectivity index (χ3n) is 2.68. The molecule has 0 fully saturated rings. The number of likely N-dealkylation sites (N-methyl/N-ethyl adjacent to an activating group) is 1. The SMILES string of the molecule is CN1CCOc2ccc(CCN=[N+]=[N-])cc21. The highest BCUT2D eigenvalue weighted by Crippen LogP contribution is 2.31. The van der Waals surface area contributed by atoms with Gasteiger partial charge in [0.05, 0.1) is 12.2 Å². The van der Waals surface area contributed by atoms with Gasteiger partial charge in [0.15, 0.2) is 0 Å². The van der Waals surface area contributed by atoms with Crippen molar-refractivity contribution in [1.82, 2.24) is 0 Å². The second-order valence-electron chi connectivity index (χ2n) is 3.78. The lowest BCUT2D eigenvalue weighted by Gasteiger charge is -2.28. The molecule has 1 aromatic rings. The van der Waals surface area contributed by atoms with Gasteiger partial charge < -0.3 is 9.64 Å². The smallest absolute Gasteiger partial charge is 0.142 e. The van der Waals surface area contributed by atoms with Crippen LogP contribution in [-0.4, -0.2) is 26.7 Å². The van der Waals surface area contributed by atoms with Gasteiger partial charge in [-0.25, -0.2) is 0 Å². The largest absolute Gasteiger partial charge is 0.490 e. The number of azide groups is 1. The first-order valence-corrected chi connectivity index (χ1v) is 5.29. The van der Waals surface area contributed by atoms with E-state index in [1.807, 2.05) is 12.1 Å². The van der Waals surface area contributed by atoms with Crippen LogP contribution in [0.25, 0.3) is 10.4 Å². The van der Waals surface area contributed by atoms with Gasteiger partial charge in [-0.05, 0) is 29.6 Å². The molecular weight excluding hydrogens is 204 g/mol. The number of rotatable bonds is 3. The monoisotopic (exact) mass is 218 g/mol. The minimum atomic E-state index is 0.500. The van der Waals surface area contributed by atoms with E-state index in [1.165, 1.54) is 5.56 Å². The first kappa shape index (κ1) is 10.6. The third kappa shape index (κ3) is 2.20. The Kier molecular flexibility index (Phi) is 3.17. The lowest BCUT2D eigenvalue weighted by atomic mass is 10.1. The first-order chi connectivity index (χ1) is 7.81. The lowest BCUT2D eigenvalue weighted by Crippen LogP contribution is -2.28. The molecule has 0 atom stereocenters. The summed E-state index contributed by atoms with van der Waals surface area (Å²) in [6.45, 7) is 2.15. The average molecular weight is 218 g/mol. The van der Waals surface area contributed by atoms with Gasteiger partial charge >= 0.3 is 0 Å². The van der Waals surface area contributed by atoms with Crippen LogP contribution in [-0.2, 0) is 6.42 Å². The van der Waals surface area contributed by atoms with E-state index in [9.17, 15) is 0 Å². The molecule has 1 aromatic carbocycles. The maximum atomic E-state index is 8.21. The average Bonchev–Trinajstić information content (AvgIpc) is 2.30. The summed E-state index contributed by atoms with van der Waals surface area (Å²) in [6.07, 6.45) is 0.769. The molecule has 0 radical (unpaired) electrons. The van der Waals surface area contributed by atoms with Crippen LogP contribution < -0.4 is 9.64 Å². The Morgan fingerprint density at radius 1 is 1.56 bits per heavy atom. The van der Waals surface area contributed by atoms with Gasteiger partial charge in [-0.3, -0.25) is 0 Å². The van der Waals surface area contributed by atoms with E-state index in [4.69, 9.17) is 10.3 Å². The second kappa shape index (κ2) is 4.77. The van der Waals surface area contributed by atoms with Gasteiger partial charge in [-0.1, -0.05) is 11.2 Å². The quantitative estimate of drug-likeness (QED) is 0.444. The molecule has 0 unspecified atom stereocenters. The van der Waals surface area contributed by atoms with Crippen LogP contribution in [0, 0.1) is 0 Å². The fraction of sp³-hybridized carbons (Fsp3) is 0.455. The van der Waals surface area contributed by atoms with E-state index in [0.717, 1.165) is 31.0 Å². The molecule has 0 saturated carbocycles. The molecule has 1 heterocycles. The summed E-state index contributed by atoms with van der Waals surface area (Å²) in [6, 6.07) is 6.10. The van der Waals surface area contributed by atoms with E-state index in [0.29, 0.717) is 6.54 Å². The summed E-state index contributed by atoms with van der Waals surface area (Å²) in [5, 5.41) is 3.53. The van der Waals surface area contributed by atoms with Crippen molar-refractivity contribution in [2.75, 3.05) is 31.6 Å². The predicted molar refractivity (Wildman–Crippen MR) is 62.9 cm³/mol. The van der Waals surface area contributed by atoms with E-state index in [1.54, 1.807) is 0 Å². The summed E-state index contributed by atoms with van der Waals surface area (Å²) < 4.78 is 5.55. The van der Waals surface area contributed by atoms with E-state index >= 15 is 0 Å². The molecule has 84 valence electrons. The van der Waals surface area contributed by atoms with Gasteiger partial charge in [0.2, 0.25) is 0 Å². The summed E-state index contributed by atoms with van der Waals surface area (Å²) in [5.74, 6) is 0.932. The van der Waals surface area contributed by atoms with Gasteiger partial charge in [0, 0.05) is 18.5 Å². The Labute approximate surface area is 94.3 Å². The number of hydrogen-bond acceptors (Lipinski definition) is 3. The van der Waals surface area contributed by atoms with E-state index in [2.05, 4.69) is 28.0 Å². The maximum absolute atomic E-state index is 8.21. The van der Waals surface area contributed by atoms with Crippen LogP contribution in [0.4, 0.5) is 5.69 Å². The van der Waals surface area contributed by atoms with Crippen molar-refractivity contribution in [1.29, 1.82) is 0 Å². The van der Waals surface area contributed by atoms with Crippen LogP contribution in [0.5, 0.6) is 5.75 Å². The Hall–Kier alpha value is -1.87. The van der Waals surface area contributed by atoms with Crippen molar-refractivity contribution in [2.45, 2.75) is 6.42 Å². The number of benzene rings is 1. The molecule has 16 heavy (non-hydrogen) atoms. The maximum Gasteiger partial charge on any atom is 0.142 e. The molecule has 0 N–H and O–H groups in total. The zero-order chi connectivity index (χ0) is 11.4. The molecule has 5 heteroatoms. The highest BCUT2D eigenvalue weighted by Gasteiger charge is 2.14. The molecule has 0 saturated heterocycles. The minimum Gasteiger partial charge on any atom is -0.490 e. The molecule has 2 rings (SSSR count). The normalized spacial score (nSPS) is 13.7. The fourth-order valence-electron chi connectivity index (χ4n) is 1.78. The van der Waals surface area contributed by atoms with Crippen molar-refractivity contribution in [3.8, 4) is 5.75 Å². The summed E-state index contributed by atoms with van der Waals surface area (Å²) in [5.41, 5.74) is 10.5. The van der Waals surface area contributed by atoms with Gasteiger partial charge in [0.1, 0.15) is 12.4 Å². The van der Waals surface area contributed by atoms with Gasteiger partial charge in [-0.2, -0.15) is 0 Å². The molecular formula is C11H14N4O. The summed E-state index contributed by atoms with van der Waals surface area (Å²) >= 11 is 0. The summed E-state index contributed by atoms with van der Waals surface area (Å²) in [4.78, 5) is 4.92. The fourth-order valence-corrected chi connectivity index (χ4v) is 1.78. The molecule has 1 aliphatic rings. The molecule has 1 aliphatic heterocycles. The molecule has 0 spiro atoms. The first-order valence-electron chi connectivity index (χ1n) is 5.29. The van der Waals surface area contributed by atoms with E-state index in [-0.39, 0.29) is 0 Å². The Morgan fingerprint density at radius 3 is 3.25 bits per heavy atom. The van der Waals surface area contributed by atoms with E-state index < -0.39 is 0 Å². The van der Waals surface area contributed by atoms with Crippen molar-refractivity contribution in [3.63, 3.8) is 0 Å². The van der Waals surface area contributed by atoms with Crippen LogP contribution in [0.3, 0.4) is 0 Å². The molecule has 0 bridgehead atoms. The van der Waals surface area contributed by atoms with Crippen LogP contribution in [0.2, 0.25) is 0 Å². The standard InChI is InChI=1S/C11H14N4O/c1-15-6-7-16-11-3-2-9(8-10(11)15)4-5-13-14-12/h2-3,8H,4-7H2,1H3. The minimum absolute atomic E-state index is 0.500. The van der Waals surface area contributed by atoms with Crippen molar-refractivity contribution in [3.05, 3.63) is 34.2 Å². The van der Waals surface area contributed by atoms with Crippen molar-refractivity contribution < 1.29 is 4.74 Å². The number of fused-ring (bicyclic) bond motifs is 1. The highest BCUT2D eigenvalue weighted by molar-refractivity contribution is 5.60. The Morgan fingerprint density at radius 2 is 2.44 bits per heavy atom. The number of nitrogens with zero attached hydrogens (tertiary/aromatic N) is 4. The molecule has 0 amide bonds. The van der Waals surface area contributed by atoms with Gasteiger partial charge in [-0.15, -0.1) is 0 Å². The predicted octanol–water partition coefficient (Wildman–Crippen LogP) is 2.37. The number of anilines is 1. The topological polar surface area (TPSA) is 61.2 Å². The van der Waals surface area contributed by atoms with Crippen molar-refractivity contribution in [2.24, 2.45) is 5.11 Å². The molecule has 0 aromatic heterocycles. The second-order valence-corrected chi connectivity index (χ2v) is 3.78. The van der Waals surface area contributed by atoms with Crippen LogP contribution in [0.1, 0.15) is 5.56 Å². The van der Waals surface area contributed by atoms with Crippen LogP contribution in [0.15, 0.2) is 23.3 Å². The Balaban J connectivity index is 2.16. The molecule has 5 nitrogen and oxygen atoms in total. The molecule has 0 aliphatic carbocycles. The summed E-state index contributed by atoms with van der Waals surface area (Å²) in [7, 11) is 2.05. The van der Waals surface area contributed by atoms with Crippen molar-refractivity contribution >= 4 is 5.69 Å². The zero-order valence-electron chi connectivity index (χ0n) is 9.26. The zero-order valence-corrected chi connectivity index (χ0v) is 9.26. The highest BCUT2D eigenvalue weighted by atomic mass is 16.5.